The molecule has 76 valence electrons. The molecule has 0 fully saturated rings. The molecule has 0 radical (unpaired) electrons. The maximum atomic E-state index is 13.0. The zero-order valence-electron chi connectivity index (χ0n) is 8.33. The molecular formula is C11H15FN2. The van der Waals surface area contributed by atoms with Crippen molar-refractivity contribution in [1.29, 1.82) is 0 Å². The Balaban J connectivity index is 2.34. The average Bonchev–Trinajstić information content (AvgIpc) is 2.44. The normalized spacial score (nSPS) is 19.9. The van der Waals surface area contributed by atoms with Crippen molar-refractivity contribution in [3.05, 3.63) is 29.6 Å². The van der Waals surface area contributed by atoms with Gasteiger partial charge in [-0.1, -0.05) is 6.92 Å². The molecule has 3 heteroatoms. The summed E-state index contributed by atoms with van der Waals surface area (Å²) >= 11 is 0. The lowest BCUT2D eigenvalue weighted by Crippen LogP contribution is -2.27. The molecule has 1 aliphatic rings. The van der Waals surface area contributed by atoms with E-state index in [0.29, 0.717) is 12.5 Å². The molecule has 14 heavy (non-hydrogen) atoms. The van der Waals surface area contributed by atoms with E-state index in [2.05, 4.69) is 11.8 Å². The topological polar surface area (TPSA) is 29.3 Å². The van der Waals surface area contributed by atoms with Gasteiger partial charge in [0.25, 0.3) is 0 Å². The molecule has 1 aliphatic heterocycles. The van der Waals surface area contributed by atoms with Crippen LogP contribution in [0, 0.1) is 5.82 Å². The SMILES string of the molecule is CC1CN(CCN)c2ccc(F)cc21. The van der Waals surface area contributed by atoms with E-state index in [1.807, 2.05) is 6.07 Å². The second-order valence-electron chi connectivity index (χ2n) is 3.84. The number of nitrogens with zero attached hydrogens (tertiary/aromatic N) is 1. The summed E-state index contributed by atoms with van der Waals surface area (Å²) in [7, 11) is 0. The zero-order chi connectivity index (χ0) is 10.1. The Labute approximate surface area is 83.5 Å². The van der Waals surface area contributed by atoms with Gasteiger partial charge < -0.3 is 10.6 Å². The third-order valence-electron chi connectivity index (χ3n) is 2.75. The second kappa shape index (κ2) is 3.58. The summed E-state index contributed by atoms with van der Waals surface area (Å²) in [5.74, 6) is 0.262. The highest BCUT2D eigenvalue weighted by Crippen LogP contribution is 2.35. The van der Waals surface area contributed by atoms with Gasteiger partial charge in [0, 0.05) is 31.2 Å². The van der Waals surface area contributed by atoms with E-state index < -0.39 is 0 Å². The van der Waals surface area contributed by atoms with Gasteiger partial charge in [-0.05, 0) is 23.8 Å². The van der Waals surface area contributed by atoms with Gasteiger partial charge in [0.1, 0.15) is 5.82 Å². The second-order valence-corrected chi connectivity index (χ2v) is 3.84. The van der Waals surface area contributed by atoms with Gasteiger partial charge in [-0.3, -0.25) is 0 Å². The molecule has 2 nitrogen and oxygen atoms in total. The largest absolute Gasteiger partial charge is 0.369 e. The number of anilines is 1. The molecule has 0 bridgehead atoms. The smallest absolute Gasteiger partial charge is 0.123 e. The minimum absolute atomic E-state index is 0.148. The number of halogens is 1. The summed E-state index contributed by atoms with van der Waals surface area (Å²) < 4.78 is 13.0. The minimum atomic E-state index is -0.148. The molecule has 1 heterocycles. The third kappa shape index (κ3) is 1.48. The maximum absolute atomic E-state index is 13.0. The van der Waals surface area contributed by atoms with Crippen LogP contribution in [0.15, 0.2) is 18.2 Å². The Morgan fingerprint density at radius 1 is 1.57 bits per heavy atom. The molecule has 1 unspecified atom stereocenters. The van der Waals surface area contributed by atoms with Crippen molar-refractivity contribution in [2.45, 2.75) is 12.8 Å². The standard InChI is InChI=1S/C11H15FN2/c1-8-7-14(5-4-13)11-3-2-9(12)6-10(8)11/h2-3,6,8H,4-5,7,13H2,1H3. The fraction of sp³-hybridized carbons (Fsp3) is 0.455. The van der Waals surface area contributed by atoms with E-state index in [-0.39, 0.29) is 5.82 Å². The Bertz CT molecular complexity index is 338. The van der Waals surface area contributed by atoms with Crippen molar-refractivity contribution in [2.75, 3.05) is 24.5 Å². The molecule has 0 amide bonds. The van der Waals surface area contributed by atoms with Crippen LogP contribution in [0.5, 0.6) is 0 Å². The van der Waals surface area contributed by atoms with Crippen LogP contribution in [0.2, 0.25) is 0 Å². The Hall–Kier alpha value is -1.09. The number of nitrogens with two attached hydrogens (primary N) is 1. The predicted molar refractivity (Wildman–Crippen MR) is 56.1 cm³/mol. The van der Waals surface area contributed by atoms with Crippen LogP contribution in [-0.4, -0.2) is 19.6 Å². The fourth-order valence-electron chi connectivity index (χ4n) is 2.10. The van der Waals surface area contributed by atoms with Crippen LogP contribution in [-0.2, 0) is 0 Å². The van der Waals surface area contributed by atoms with Crippen LogP contribution in [0.25, 0.3) is 0 Å². The summed E-state index contributed by atoms with van der Waals surface area (Å²) in [5.41, 5.74) is 7.78. The monoisotopic (exact) mass is 194 g/mol. The zero-order valence-corrected chi connectivity index (χ0v) is 8.33. The number of hydrogen-bond donors (Lipinski definition) is 1. The summed E-state index contributed by atoms with van der Waals surface area (Å²) in [4.78, 5) is 2.22. The summed E-state index contributed by atoms with van der Waals surface area (Å²) in [6.07, 6.45) is 0. The predicted octanol–water partition coefficient (Wildman–Crippen LogP) is 1.71. The molecule has 0 aromatic heterocycles. The van der Waals surface area contributed by atoms with Crippen molar-refractivity contribution < 1.29 is 4.39 Å². The third-order valence-corrected chi connectivity index (χ3v) is 2.75. The van der Waals surface area contributed by atoms with Crippen molar-refractivity contribution in [2.24, 2.45) is 5.73 Å². The van der Waals surface area contributed by atoms with Crippen LogP contribution in [0.3, 0.4) is 0 Å². The van der Waals surface area contributed by atoms with Gasteiger partial charge >= 0.3 is 0 Å². The molecule has 0 saturated carbocycles. The van der Waals surface area contributed by atoms with Gasteiger partial charge in [0.15, 0.2) is 0 Å². The average molecular weight is 194 g/mol. The Morgan fingerprint density at radius 3 is 3.07 bits per heavy atom. The quantitative estimate of drug-likeness (QED) is 0.776. The molecule has 2 rings (SSSR count). The first kappa shape index (κ1) is 9.46. The number of hydrogen-bond acceptors (Lipinski definition) is 2. The van der Waals surface area contributed by atoms with Gasteiger partial charge in [-0.2, -0.15) is 0 Å². The molecule has 0 spiro atoms. The van der Waals surface area contributed by atoms with Gasteiger partial charge in [0.2, 0.25) is 0 Å². The lowest BCUT2D eigenvalue weighted by Gasteiger charge is -2.18. The van der Waals surface area contributed by atoms with E-state index in [9.17, 15) is 4.39 Å². The first-order valence-electron chi connectivity index (χ1n) is 4.97. The van der Waals surface area contributed by atoms with E-state index in [1.54, 1.807) is 6.07 Å². The molecule has 1 aromatic rings. The van der Waals surface area contributed by atoms with Crippen LogP contribution in [0.1, 0.15) is 18.4 Å². The molecule has 0 aliphatic carbocycles. The Kier molecular flexibility index (Phi) is 2.42. The van der Waals surface area contributed by atoms with Crippen molar-refractivity contribution in [3.63, 3.8) is 0 Å². The molecule has 1 atom stereocenters. The van der Waals surface area contributed by atoms with Gasteiger partial charge in [0.05, 0.1) is 0 Å². The van der Waals surface area contributed by atoms with E-state index in [4.69, 9.17) is 5.73 Å². The highest BCUT2D eigenvalue weighted by Gasteiger charge is 2.24. The van der Waals surface area contributed by atoms with Crippen molar-refractivity contribution in [1.82, 2.24) is 0 Å². The maximum Gasteiger partial charge on any atom is 0.123 e. The minimum Gasteiger partial charge on any atom is -0.369 e. The highest BCUT2D eigenvalue weighted by molar-refractivity contribution is 5.60. The van der Waals surface area contributed by atoms with Crippen LogP contribution in [0.4, 0.5) is 10.1 Å². The first-order chi connectivity index (χ1) is 6.72. The molecular weight excluding hydrogens is 179 g/mol. The van der Waals surface area contributed by atoms with Gasteiger partial charge in [-0.25, -0.2) is 4.39 Å². The summed E-state index contributed by atoms with van der Waals surface area (Å²) in [6, 6.07) is 5.00. The Morgan fingerprint density at radius 2 is 2.36 bits per heavy atom. The van der Waals surface area contributed by atoms with E-state index in [0.717, 1.165) is 24.3 Å². The highest BCUT2D eigenvalue weighted by atomic mass is 19.1. The molecule has 0 saturated heterocycles. The lowest BCUT2D eigenvalue weighted by atomic mass is 10.0. The summed E-state index contributed by atoms with van der Waals surface area (Å²) in [6.45, 7) is 4.57. The van der Waals surface area contributed by atoms with Gasteiger partial charge in [-0.15, -0.1) is 0 Å². The van der Waals surface area contributed by atoms with Crippen LogP contribution < -0.4 is 10.6 Å². The van der Waals surface area contributed by atoms with E-state index >= 15 is 0 Å². The number of rotatable bonds is 2. The van der Waals surface area contributed by atoms with Crippen molar-refractivity contribution in [3.8, 4) is 0 Å². The lowest BCUT2D eigenvalue weighted by molar-refractivity contribution is 0.624. The fourth-order valence-corrected chi connectivity index (χ4v) is 2.10. The first-order valence-corrected chi connectivity index (χ1v) is 4.97. The molecule has 1 aromatic carbocycles. The molecule has 2 N–H and O–H groups in total. The number of benzene rings is 1. The van der Waals surface area contributed by atoms with Crippen molar-refractivity contribution >= 4 is 5.69 Å². The van der Waals surface area contributed by atoms with Crippen LogP contribution >= 0.6 is 0 Å². The van der Waals surface area contributed by atoms with E-state index in [1.165, 1.54) is 6.07 Å². The number of fused-ring (bicyclic) bond motifs is 1. The summed E-state index contributed by atoms with van der Waals surface area (Å²) in [5, 5.41) is 0.